The van der Waals surface area contributed by atoms with E-state index in [0.717, 1.165) is 12.4 Å². The first-order valence-corrected chi connectivity index (χ1v) is 5.85. The zero-order valence-corrected chi connectivity index (χ0v) is 8.62. The standard InChI is InChI=1S/C10H10OSe/c1-2-11-9-4-3-5-10-8(9)6-7-12-10/h3-7H,2H2,1H3. The molecule has 2 aromatic rings. The molecule has 0 radical (unpaired) electrons. The van der Waals surface area contributed by atoms with Crippen LogP contribution in [0.25, 0.3) is 9.65 Å². The summed E-state index contributed by atoms with van der Waals surface area (Å²) < 4.78 is 6.95. The predicted octanol–water partition coefficient (Wildman–Crippen LogP) is 2.30. The maximum absolute atomic E-state index is 5.51. The van der Waals surface area contributed by atoms with Crippen LogP contribution < -0.4 is 4.74 Å². The van der Waals surface area contributed by atoms with Gasteiger partial charge in [-0.3, -0.25) is 0 Å². The topological polar surface area (TPSA) is 9.23 Å². The van der Waals surface area contributed by atoms with Crippen LogP contribution in [0.2, 0.25) is 0 Å². The van der Waals surface area contributed by atoms with Crippen LogP contribution in [-0.2, 0) is 0 Å². The van der Waals surface area contributed by atoms with Gasteiger partial charge in [0.25, 0.3) is 0 Å². The number of fused-ring (bicyclic) bond motifs is 1. The van der Waals surface area contributed by atoms with Crippen molar-refractivity contribution >= 4 is 24.1 Å². The Morgan fingerprint density at radius 1 is 1.33 bits per heavy atom. The number of ether oxygens (including phenoxy) is 1. The Bertz CT molecular complexity index is 378. The molecule has 1 heterocycles. The van der Waals surface area contributed by atoms with Gasteiger partial charge in [0, 0.05) is 0 Å². The molecule has 0 aliphatic carbocycles. The molecule has 0 unspecified atom stereocenters. The Morgan fingerprint density at radius 2 is 2.25 bits per heavy atom. The first kappa shape index (κ1) is 7.90. The molecule has 0 aliphatic rings. The van der Waals surface area contributed by atoms with Gasteiger partial charge in [-0.2, -0.15) is 0 Å². The molecule has 1 aromatic carbocycles. The Morgan fingerprint density at radius 3 is 3.08 bits per heavy atom. The van der Waals surface area contributed by atoms with E-state index >= 15 is 0 Å². The average molecular weight is 225 g/mol. The van der Waals surface area contributed by atoms with Gasteiger partial charge in [-0.1, -0.05) is 0 Å². The van der Waals surface area contributed by atoms with E-state index in [1.165, 1.54) is 9.65 Å². The first-order valence-electron chi connectivity index (χ1n) is 4.01. The van der Waals surface area contributed by atoms with Crippen molar-refractivity contribution in [3.05, 3.63) is 29.2 Å². The van der Waals surface area contributed by atoms with E-state index in [0.29, 0.717) is 14.5 Å². The summed E-state index contributed by atoms with van der Waals surface area (Å²) in [4.78, 5) is 2.24. The summed E-state index contributed by atoms with van der Waals surface area (Å²) >= 11 is 0.530. The van der Waals surface area contributed by atoms with Crippen LogP contribution in [0, 0.1) is 0 Å². The zero-order chi connectivity index (χ0) is 8.39. The van der Waals surface area contributed by atoms with Gasteiger partial charge in [0.15, 0.2) is 0 Å². The van der Waals surface area contributed by atoms with Crippen molar-refractivity contribution in [3.63, 3.8) is 0 Å². The Balaban J connectivity index is 2.57. The van der Waals surface area contributed by atoms with E-state index < -0.39 is 0 Å². The van der Waals surface area contributed by atoms with E-state index in [1.807, 2.05) is 13.0 Å². The maximum atomic E-state index is 5.51. The van der Waals surface area contributed by atoms with Crippen molar-refractivity contribution in [1.82, 2.24) is 0 Å². The van der Waals surface area contributed by atoms with Gasteiger partial charge in [-0.05, 0) is 0 Å². The molecule has 0 N–H and O–H groups in total. The number of hydrogen-bond donors (Lipinski definition) is 0. The summed E-state index contributed by atoms with van der Waals surface area (Å²) in [5.74, 6) is 1.03. The zero-order valence-electron chi connectivity index (χ0n) is 6.91. The fourth-order valence-corrected chi connectivity index (χ4v) is 2.93. The SMILES string of the molecule is CCOc1cccc2[se]ccc12. The molecule has 0 spiro atoms. The second kappa shape index (κ2) is 3.34. The molecule has 0 bridgehead atoms. The fraction of sp³-hybridized carbons (Fsp3) is 0.200. The van der Waals surface area contributed by atoms with E-state index in [2.05, 4.69) is 23.1 Å². The molecule has 12 heavy (non-hydrogen) atoms. The van der Waals surface area contributed by atoms with Crippen molar-refractivity contribution < 1.29 is 4.74 Å². The van der Waals surface area contributed by atoms with Crippen molar-refractivity contribution in [3.8, 4) is 5.75 Å². The first-order chi connectivity index (χ1) is 5.92. The van der Waals surface area contributed by atoms with Gasteiger partial charge >= 0.3 is 77.4 Å². The third-order valence-electron chi connectivity index (χ3n) is 1.76. The molecule has 0 atom stereocenters. The van der Waals surface area contributed by atoms with Crippen LogP contribution in [0.15, 0.2) is 29.2 Å². The molecule has 0 saturated heterocycles. The average Bonchev–Trinajstić information content (AvgIpc) is 2.53. The van der Waals surface area contributed by atoms with Crippen molar-refractivity contribution in [2.24, 2.45) is 0 Å². The summed E-state index contributed by atoms with van der Waals surface area (Å²) in [7, 11) is 0. The summed E-state index contributed by atoms with van der Waals surface area (Å²) in [5, 5.41) is 1.29. The molecule has 1 aromatic heterocycles. The van der Waals surface area contributed by atoms with E-state index in [1.54, 1.807) is 0 Å². The predicted molar refractivity (Wildman–Crippen MR) is 52.1 cm³/mol. The van der Waals surface area contributed by atoms with Gasteiger partial charge in [-0.25, -0.2) is 0 Å². The molecule has 1 nitrogen and oxygen atoms in total. The molecular weight excluding hydrogens is 215 g/mol. The van der Waals surface area contributed by atoms with E-state index in [9.17, 15) is 0 Å². The van der Waals surface area contributed by atoms with Crippen LogP contribution in [0.4, 0.5) is 0 Å². The van der Waals surface area contributed by atoms with Crippen LogP contribution in [0.3, 0.4) is 0 Å². The van der Waals surface area contributed by atoms with Crippen LogP contribution in [-0.4, -0.2) is 21.1 Å². The van der Waals surface area contributed by atoms with Gasteiger partial charge in [0.2, 0.25) is 0 Å². The normalized spacial score (nSPS) is 10.4. The van der Waals surface area contributed by atoms with Crippen LogP contribution in [0.5, 0.6) is 5.75 Å². The van der Waals surface area contributed by atoms with Crippen molar-refractivity contribution in [2.45, 2.75) is 6.92 Å². The second-order valence-electron chi connectivity index (χ2n) is 2.52. The molecule has 0 saturated carbocycles. The third-order valence-corrected chi connectivity index (χ3v) is 3.61. The molecular formula is C10H10OSe. The van der Waals surface area contributed by atoms with Gasteiger partial charge in [0.05, 0.1) is 0 Å². The van der Waals surface area contributed by atoms with E-state index in [4.69, 9.17) is 4.74 Å². The minimum absolute atomic E-state index is 0.530. The monoisotopic (exact) mass is 226 g/mol. The van der Waals surface area contributed by atoms with Gasteiger partial charge in [0.1, 0.15) is 0 Å². The number of rotatable bonds is 2. The summed E-state index contributed by atoms with van der Waals surface area (Å²) in [6.45, 7) is 2.76. The molecule has 0 fully saturated rings. The Labute approximate surface area is 77.7 Å². The van der Waals surface area contributed by atoms with E-state index in [-0.39, 0.29) is 0 Å². The number of benzene rings is 1. The minimum atomic E-state index is 0.530. The van der Waals surface area contributed by atoms with Crippen LogP contribution in [0.1, 0.15) is 6.92 Å². The fourth-order valence-electron chi connectivity index (χ4n) is 1.25. The molecule has 2 heteroatoms. The Kier molecular flexibility index (Phi) is 2.20. The quantitative estimate of drug-likeness (QED) is 0.712. The second-order valence-corrected chi connectivity index (χ2v) is 4.51. The Hall–Kier alpha value is -0.721. The summed E-state index contributed by atoms with van der Waals surface area (Å²) in [6.07, 6.45) is 0. The molecule has 62 valence electrons. The number of hydrogen-bond acceptors (Lipinski definition) is 1. The molecule has 0 aliphatic heterocycles. The van der Waals surface area contributed by atoms with Gasteiger partial charge in [-0.15, -0.1) is 0 Å². The summed E-state index contributed by atoms with van der Waals surface area (Å²) in [5.41, 5.74) is 0. The van der Waals surface area contributed by atoms with Crippen LogP contribution >= 0.6 is 0 Å². The van der Waals surface area contributed by atoms with Gasteiger partial charge < -0.3 is 0 Å². The third kappa shape index (κ3) is 1.28. The molecule has 0 amide bonds. The van der Waals surface area contributed by atoms with Crippen molar-refractivity contribution in [2.75, 3.05) is 6.61 Å². The molecule has 2 rings (SSSR count). The van der Waals surface area contributed by atoms with Crippen molar-refractivity contribution in [1.29, 1.82) is 0 Å². The summed E-state index contributed by atoms with van der Waals surface area (Å²) in [6, 6.07) is 8.45.